The van der Waals surface area contributed by atoms with Crippen LogP contribution < -0.4 is 5.32 Å². The van der Waals surface area contributed by atoms with E-state index in [2.05, 4.69) is 10.4 Å². The van der Waals surface area contributed by atoms with Crippen LogP contribution in [0.5, 0.6) is 0 Å². The molecule has 0 unspecified atom stereocenters. The summed E-state index contributed by atoms with van der Waals surface area (Å²) >= 11 is 0. The number of amides is 1. The molecule has 0 aliphatic carbocycles. The van der Waals surface area contributed by atoms with Gasteiger partial charge in [-0.2, -0.15) is 5.10 Å². The van der Waals surface area contributed by atoms with E-state index in [-0.39, 0.29) is 12.5 Å². The maximum Gasteiger partial charge on any atom is 0.241 e. The Balaban J connectivity index is 1.54. The Labute approximate surface area is 122 Å². The number of rotatable bonds is 5. The van der Waals surface area contributed by atoms with Crippen LogP contribution in [-0.4, -0.2) is 22.2 Å². The lowest BCUT2D eigenvalue weighted by molar-refractivity contribution is -0.121. The molecule has 0 aliphatic rings. The third-order valence-corrected chi connectivity index (χ3v) is 3.33. The maximum absolute atomic E-state index is 11.9. The molecule has 0 saturated heterocycles. The van der Waals surface area contributed by atoms with E-state index in [9.17, 15) is 4.79 Å². The molecule has 3 aromatic rings. The van der Waals surface area contributed by atoms with Crippen molar-refractivity contribution in [3.63, 3.8) is 0 Å². The van der Waals surface area contributed by atoms with Crippen LogP contribution in [0.15, 0.2) is 47.0 Å². The van der Waals surface area contributed by atoms with Crippen molar-refractivity contribution in [1.82, 2.24) is 15.1 Å². The molecule has 5 heteroatoms. The average molecular weight is 283 g/mol. The molecule has 0 atom stereocenters. The molecule has 1 amide bonds. The minimum absolute atomic E-state index is 0.0490. The van der Waals surface area contributed by atoms with Gasteiger partial charge in [-0.1, -0.05) is 18.2 Å². The van der Waals surface area contributed by atoms with E-state index in [1.54, 1.807) is 10.9 Å². The van der Waals surface area contributed by atoms with E-state index in [4.69, 9.17) is 4.42 Å². The lowest BCUT2D eigenvalue weighted by Gasteiger charge is -2.05. The lowest BCUT2D eigenvalue weighted by atomic mass is 10.2. The normalized spacial score (nSPS) is 10.9. The minimum Gasteiger partial charge on any atom is -0.466 e. The zero-order valence-corrected chi connectivity index (χ0v) is 11.9. The summed E-state index contributed by atoms with van der Waals surface area (Å²) in [7, 11) is 0. The molecule has 2 heterocycles. The van der Waals surface area contributed by atoms with Crippen molar-refractivity contribution in [3.05, 3.63) is 54.1 Å². The van der Waals surface area contributed by atoms with Gasteiger partial charge in [0, 0.05) is 18.4 Å². The SMILES string of the molecule is Cc1ccc(CCNC(=O)Cn2ncc3ccccc32)o1. The predicted molar refractivity (Wildman–Crippen MR) is 79.9 cm³/mol. The quantitative estimate of drug-likeness (QED) is 0.781. The van der Waals surface area contributed by atoms with Crippen LogP contribution in [0.2, 0.25) is 0 Å². The molecule has 108 valence electrons. The number of furan rings is 1. The van der Waals surface area contributed by atoms with Crippen molar-refractivity contribution in [3.8, 4) is 0 Å². The van der Waals surface area contributed by atoms with Gasteiger partial charge in [0.1, 0.15) is 18.1 Å². The first kappa shape index (κ1) is 13.4. The van der Waals surface area contributed by atoms with Gasteiger partial charge in [-0.25, -0.2) is 0 Å². The number of hydrogen-bond donors (Lipinski definition) is 1. The topological polar surface area (TPSA) is 60.1 Å². The van der Waals surface area contributed by atoms with Gasteiger partial charge in [-0.3, -0.25) is 9.48 Å². The average Bonchev–Trinajstić information content (AvgIpc) is 3.06. The van der Waals surface area contributed by atoms with E-state index in [0.29, 0.717) is 13.0 Å². The zero-order chi connectivity index (χ0) is 14.7. The molecule has 21 heavy (non-hydrogen) atoms. The number of nitrogens with zero attached hydrogens (tertiary/aromatic N) is 2. The van der Waals surface area contributed by atoms with Gasteiger partial charge in [0.05, 0.1) is 11.7 Å². The Hall–Kier alpha value is -2.56. The largest absolute Gasteiger partial charge is 0.466 e. The molecule has 1 N–H and O–H groups in total. The van der Waals surface area contributed by atoms with Crippen LogP contribution in [-0.2, 0) is 17.8 Å². The number of fused-ring (bicyclic) bond motifs is 1. The number of para-hydroxylation sites is 1. The Kier molecular flexibility index (Phi) is 3.73. The van der Waals surface area contributed by atoms with E-state index >= 15 is 0 Å². The molecular formula is C16H17N3O2. The second-order valence-corrected chi connectivity index (χ2v) is 4.97. The highest BCUT2D eigenvalue weighted by Gasteiger charge is 2.07. The van der Waals surface area contributed by atoms with E-state index in [1.807, 2.05) is 43.3 Å². The molecule has 3 rings (SSSR count). The molecule has 5 nitrogen and oxygen atoms in total. The highest BCUT2D eigenvalue weighted by Crippen LogP contribution is 2.12. The van der Waals surface area contributed by atoms with Gasteiger partial charge in [0.15, 0.2) is 0 Å². The Bertz CT molecular complexity index is 758. The molecule has 0 spiro atoms. The summed E-state index contributed by atoms with van der Waals surface area (Å²) in [6.45, 7) is 2.70. The third kappa shape index (κ3) is 3.13. The van der Waals surface area contributed by atoms with Gasteiger partial charge in [-0.15, -0.1) is 0 Å². The number of nitrogens with one attached hydrogen (secondary N) is 1. The molecule has 0 fully saturated rings. The molecule has 1 aromatic carbocycles. The molecular weight excluding hydrogens is 266 g/mol. The first-order chi connectivity index (χ1) is 10.2. The van der Waals surface area contributed by atoms with Crippen LogP contribution in [0.1, 0.15) is 11.5 Å². The maximum atomic E-state index is 11.9. The van der Waals surface area contributed by atoms with E-state index in [0.717, 1.165) is 22.4 Å². The van der Waals surface area contributed by atoms with Crippen molar-refractivity contribution in [2.75, 3.05) is 6.54 Å². The van der Waals surface area contributed by atoms with Crippen molar-refractivity contribution in [2.24, 2.45) is 0 Å². The number of hydrogen-bond acceptors (Lipinski definition) is 3. The summed E-state index contributed by atoms with van der Waals surface area (Å²) in [4.78, 5) is 11.9. The lowest BCUT2D eigenvalue weighted by Crippen LogP contribution is -2.29. The van der Waals surface area contributed by atoms with E-state index in [1.165, 1.54) is 0 Å². The summed E-state index contributed by atoms with van der Waals surface area (Å²) in [5, 5.41) is 8.16. The number of carbonyl (C=O) groups is 1. The van der Waals surface area contributed by atoms with E-state index < -0.39 is 0 Å². The van der Waals surface area contributed by atoms with Crippen LogP contribution in [0.25, 0.3) is 10.9 Å². The number of carbonyl (C=O) groups excluding carboxylic acids is 1. The van der Waals surface area contributed by atoms with Crippen LogP contribution in [0, 0.1) is 6.92 Å². The minimum atomic E-state index is -0.0490. The standard InChI is InChI=1S/C16H17N3O2/c1-12-6-7-14(21-12)8-9-17-16(20)11-19-15-5-3-2-4-13(15)10-18-19/h2-7,10H,8-9,11H2,1H3,(H,17,20). The smallest absolute Gasteiger partial charge is 0.241 e. The summed E-state index contributed by atoms with van der Waals surface area (Å²) in [6.07, 6.45) is 2.47. The predicted octanol–water partition coefficient (Wildman–Crippen LogP) is 2.30. The summed E-state index contributed by atoms with van der Waals surface area (Å²) in [6, 6.07) is 11.7. The highest BCUT2D eigenvalue weighted by atomic mass is 16.3. The van der Waals surface area contributed by atoms with Crippen molar-refractivity contribution in [2.45, 2.75) is 19.9 Å². The number of aryl methyl sites for hydroxylation is 1. The van der Waals surface area contributed by atoms with Gasteiger partial charge >= 0.3 is 0 Å². The van der Waals surface area contributed by atoms with Gasteiger partial charge in [0.25, 0.3) is 0 Å². The third-order valence-electron chi connectivity index (χ3n) is 3.33. The Morgan fingerprint density at radius 1 is 1.29 bits per heavy atom. The van der Waals surface area contributed by atoms with Crippen molar-refractivity contribution < 1.29 is 9.21 Å². The second-order valence-electron chi connectivity index (χ2n) is 4.97. The van der Waals surface area contributed by atoms with Gasteiger partial charge in [0.2, 0.25) is 5.91 Å². The first-order valence-electron chi connectivity index (χ1n) is 6.95. The summed E-state index contributed by atoms with van der Waals surface area (Å²) in [5.74, 6) is 1.73. The fraction of sp³-hybridized carbons (Fsp3) is 0.250. The first-order valence-corrected chi connectivity index (χ1v) is 6.95. The van der Waals surface area contributed by atoms with Crippen LogP contribution in [0.3, 0.4) is 0 Å². The molecule has 0 radical (unpaired) electrons. The van der Waals surface area contributed by atoms with Crippen molar-refractivity contribution >= 4 is 16.8 Å². The number of benzene rings is 1. The van der Waals surface area contributed by atoms with Crippen LogP contribution >= 0.6 is 0 Å². The second kappa shape index (κ2) is 5.83. The van der Waals surface area contributed by atoms with Gasteiger partial charge < -0.3 is 9.73 Å². The zero-order valence-electron chi connectivity index (χ0n) is 11.9. The Morgan fingerprint density at radius 3 is 2.95 bits per heavy atom. The number of aromatic nitrogens is 2. The molecule has 2 aromatic heterocycles. The summed E-state index contributed by atoms with van der Waals surface area (Å²) in [5.41, 5.74) is 0.967. The Morgan fingerprint density at radius 2 is 2.14 bits per heavy atom. The van der Waals surface area contributed by atoms with Crippen LogP contribution in [0.4, 0.5) is 0 Å². The van der Waals surface area contributed by atoms with Gasteiger partial charge in [-0.05, 0) is 25.1 Å². The fourth-order valence-corrected chi connectivity index (χ4v) is 2.29. The monoisotopic (exact) mass is 283 g/mol. The molecule has 0 bridgehead atoms. The van der Waals surface area contributed by atoms with Crippen molar-refractivity contribution in [1.29, 1.82) is 0 Å². The molecule has 0 saturated carbocycles. The fourth-order valence-electron chi connectivity index (χ4n) is 2.29. The highest BCUT2D eigenvalue weighted by molar-refractivity contribution is 5.81. The molecule has 0 aliphatic heterocycles. The summed E-state index contributed by atoms with van der Waals surface area (Å²) < 4.78 is 7.17.